The normalized spacial score (nSPS) is 25.3. The first-order valence-corrected chi connectivity index (χ1v) is 7.90. The molecule has 0 bridgehead atoms. The molecular weight excluding hydrogens is 242 g/mol. The van der Waals surface area contributed by atoms with E-state index in [1.807, 2.05) is 11.8 Å². The summed E-state index contributed by atoms with van der Waals surface area (Å²) in [6.45, 7) is 3.89. The number of nitrogens with zero attached hydrogens (tertiary/aromatic N) is 1. The summed E-state index contributed by atoms with van der Waals surface area (Å²) in [6, 6.07) is 8.84. The Labute approximate surface area is 113 Å². The van der Waals surface area contributed by atoms with E-state index in [4.69, 9.17) is 5.11 Å². The zero-order valence-electron chi connectivity index (χ0n) is 10.7. The minimum atomic E-state index is 0.371. The summed E-state index contributed by atoms with van der Waals surface area (Å²) >= 11 is 2.00. The predicted octanol–water partition coefficient (Wildman–Crippen LogP) is 2.58. The van der Waals surface area contributed by atoms with Crippen LogP contribution in [0.5, 0.6) is 0 Å². The van der Waals surface area contributed by atoms with E-state index in [-0.39, 0.29) is 0 Å². The number of aliphatic hydroxyl groups is 1. The van der Waals surface area contributed by atoms with E-state index in [2.05, 4.69) is 29.2 Å². The van der Waals surface area contributed by atoms with Gasteiger partial charge in [-0.3, -0.25) is 0 Å². The summed E-state index contributed by atoms with van der Waals surface area (Å²) in [5.41, 5.74) is 1.55. The Morgan fingerprint density at radius 2 is 2.00 bits per heavy atom. The molecule has 1 atom stereocenters. The van der Waals surface area contributed by atoms with Crippen LogP contribution in [0.3, 0.4) is 0 Å². The van der Waals surface area contributed by atoms with E-state index in [1.54, 1.807) is 5.56 Å². The Balaban J connectivity index is 1.59. The Hall–Kier alpha value is -0.510. The predicted molar refractivity (Wildman–Crippen MR) is 76.2 cm³/mol. The van der Waals surface area contributed by atoms with Crippen molar-refractivity contribution in [1.29, 1.82) is 0 Å². The number of benzene rings is 1. The van der Waals surface area contributed by atoms with Gasteiger partial charge in [-0.1, -0.05) is 18.2 Å². The summed E-state index contributed by atoms with van der Waals surface area (Å²) in [4.78, 5) is 4.06. The molecular formula is C15H21NOS. The lowest BCUT2D eigenvalue weighted by Gasteiger charge is -2.32. The summed E-state index contributed by atoms with van der Waals surface area (Å²) in [6.07, 6.45) is 2.33. The maximum Gasteiger partial charge on any atom is 0.0460 e. The van der Waals surface area contributed by atoms with E-state index >= 15 is 0 Å². The van der Waals surface area contributed by atoms with Crippen molar-refractivity contribution in [1.82, 2.24) is 4.90 Å². The highest BCUT2D eigenvalue weighted by Gasteiger charge is 2.26. The SMILES string of the molecule is OCC1CCN(CC2CSc3ccccc32)CC1. The second-order valence-electron chi connectivity index (χ2n) is 5.47. The molecule has 0 aromatic heterocycles. The van der Waals surface area contributed by atoms with E-state index < -0.39 is 0 Å². The lowest BCUT2D eigenvalue weighted by molar-refractivity contribution is 0.128. The zero-order valence-corrected chi connectivity index (χ0v) is 11.5. The van der Waals surface area contributed by atoms with Crippen molar-refractivity contribution in [3.05, 3.63) is 29.8 Å². The lowest BCUT2D eigenvalue weighted by atomic mass is 9.95. The maximum atomic E-state index is 9.17. The average Bonchev–Trinajstić information content (AvgIpc) is 2.83. The second-order valence-corrected chi connectivity index (χ2v) is 6.53. The van der Waals surface area contributed by atoms with Crippen LogP contribution >= 0.6 is 11.8 Å². The minimum absolute atomic E-state index is 0.371. The monoisotopic (exact) mass is 263 g/mol. The topological polar surface area (TPSA) is 23.5 Å². The number of fused-ring (bicyclic) bond motifs is 1. The summed E-state index contributed by atoms with van der Waals surface area (Å²) in [7, 11) is 0. The zero-order chi connectivity index (χ0) is 12.4. The fraction of sp³-hybridized carbons (Fsp3) is 0.600. The fourth-order valence-corrected chi connectivity index (χ4v) is 4.29. The molecule has 1 aromatic carbocycles. The van der Waals surface area contributed by atoms with Crippen molar-refractivity contribution in [3.63, 3.8) is 0 Å². The average molecular weight is 263 g/mol. The van der Waals surface area contributed by atoms with Crippen LogP contribution in [0.1, 0.15) is 24.3 Å². The minimum Gasteiger partial charge on any atom is -0.396 e. The van der Waals surface area contributed by atoms with Gasteiger partial charge in [0.1, 0.15) is 0 Å². The quantitative estimate of drug-likeness (QED) is 0.906. The van der Waals surface area contributed by atoms with E-state index in [1.165, 1.54) is 17.2 Å². The molecule has 0 amide bonds. The number of aliphatic hydroxyl groups excluding tert-OH is 1. The third-order valence-electron chi connectivity index (χ3n) is 4.24. The van der Waals surface area contributed by atoms with Crippen LogP contribution < -0.4 is 0 Å². The van der Waals surface area contributed by atoms with Gasteiger partial charge in [0.25, 0.3) is 0 Å². The molecule has 1 aromatic rings. The number of hydrogen-bond acceptors (Lipinski definition) is 3. The summed E-state index contributed by atoms with van der Waals surface area (Å²) in [5.74, 6) is 2.49. The molecule has 2 aliphatic heterocycles. The van der Waals surface area contributed by atoms with Crippen LogP contribution in [-0.4, -0.2) is 42.0 Å². The molecule has 2 aliphatic rings. The lowest BCUT2D eigenvalue weighted by Crippen LogP contribution is -2.37. The molecule has 0 spiro atoms. The van der Waals surface area contributed by atoms with E-state index in [0.29, 0.717) is 18.4 Å². The van der Waals surface area contributed by atoms with Crippen molar-refractivity contribution >= 4 is 11.8 Å². The van der Waals surface area contributed by atoms with Gasteiger partial charge in [0, 0.05) is 29.7 Å². The van der Waals surface area contributed by atoms with Gasteiger partial charge < -0.3 is 10.0 Å². The fourth-order valence-electron chi connectivity index (χ4n) is 3.04. The molecule has 1 saturated heterocycles. The van der Waals surface area contributed by atoms with Crippen molar-refractivity contribution < 1.29 is 5.11 Å². The highest BCUT2D eigenvalue weighted by molar-refractivity contribution is 7.99. The van der Waals surface area contributed by atoms with Crippen LogP contribution in [0, 0.1) is 5.92 Å². The van der Waals surface area contributed by atoms with Crippen LogP contribution in [0.4, 0.5) is 0 Å². The van der Waals surface area contributed by atoms with Crippen LogP contribution in [0.15, 0.2) is 29.2 Å². The van der Waals surface area contributed by atoms with Crippen molar-refractivity contribution in [3.8, 4) is 0 Å². The highest BCUT2D eigenvalue weighted by atomic mass is 32.2. The molecule has 2 heterocycles. The smallest absolute Gasteiger partial charge is 0.0460 e. The Kier molecular flexibility index (Phi) is 3.92. The highest BCUT2D eigenvalue weighted by Crippen LogP contribution is 2.39. The first-order valence-electron chi connectivity index (χ1n) is 6.91. The number of piperidine rings is 1. The second kappa shape index (κ2) is 5.64. The van der Waals surface area contributed by atoms with Gasteiger partial charge in [0.15, 0.2) is 0 Å². The summed E-state index contributed by atoms with van der Waals surface area (Å²) in [5, 5.41) is 9.17. The van der Waals surface area contributed by atoms with Gasteiger partial charge in [0.2, 0.25) is 0 Å². The van der Waals surface area contributed by atoms with Gasteiger partial charge in [-0.2, -0.15) is 0 Å². The largest absolute Gasteiger partial charge is 0.396 e. The molecule has 0 saturated carbocycles. The first kappa shape index (κ1) is 12.5. The van der Waals surface area contributed by atoms with Gasteiger partial charge in [-0.15, -0.1) is 11.8 Å². The van der Waals surface area contributed by atoms with Crippen molar-refractivity contribution in [2.75, 3.05) is 32.0 Å². The third-order valence-corrected chi connectivity index (χ3v) is 5.49. The Morgan fingerprint density at radius 1 is 1.22 bits per heavy atom. The van der Waals surface area contributed by atoms with Gasteiger partial charge >= 0.3 is 0 Å². The van der Waals surface area contributed by atoms with E-state index in [0.717, 1.165) is 25.9 Å². The third kappa shape index (κ3) is 2.58. The molecule has 1 N–H and O–H groups in total. The van der Waals surface area contributed by atoms with E-state index in [9.17, 15) is 0 Å². The number of rotatable bonds is 3. The molecule has 1 unspecified atom stereocenters. The molecule has 1 fully saturated rings. The molecule has 3 heteroatoms. The van der Waals surface area contributed by atoms with Gasteiger partial charge in [-0.05, 0) is 43.5 Å². The number of thioether (sulfide) groups is 1. The molecule has 3 rings (SSSR count). The Bertz CT molecular complexity index is 401. The standard InChI is InChI=1S/C15H21NOS/c17-10-12-5-7-16(8-6-12)9-13-11-18-15-4-2-1-3-14(13)15/h1-4,12-13,17H,5-11H2. The number of likely N-dealkylation sites (tertiary alicyclic amines) is 1. The first-order chi connectivity index (χ1) is 8.86. The maximum absolute atomic E-state index is 9.17. The number of hydrogen-bond donors (Lipinski definition) is 1. The van der Waals surface area contributed by atoms with Crippen LogP contribution in [-0.2, 0) is 0 Å². The van der Waals surface area contributed by atoms with Crippen LogP contribution in [0.2, 0.25) is 0 Å². The molecule has 0 aliphatic carbocycles. The van der Waals surface area contributed by atoms with Gasteiger partial charge in [-0.25, -0.2) is 0 Å². The molecule has 98 valence electrons. The molecule has 2 nitrogen and oxygen atoms in total. The summed E-state index contributed by atoms with van der Waals surface area (Å²) < 4.78 is 0. The van der Waals surface area contributed by atoms with Crippen LogP contribution in [0.25, 0.3) is 0 Å². The Morgan fingerprint density at radius 3 is 2.78 bits per heavy atom. The molecule has 0 radical (unpaired) electrons. The molecule has 18 heavy (non-hydrogen) atoms. The van der Waals surface area contributed by atoms with Crippen molar-refractivity contribution in [2.45, 2.75) is 23.7 Å². The van der Waals surface area contributed by atoms with Gasteiger partial charge in [0.05, 0.1) is 0 Å². The van der Waals surface area contributed by atoms with Crippen molar-refractivity contribution in [2.24, 2.45) is 5.92 Å².